The van der Waals surface area contributed by atoms with Gasteiger partial charge in [0.15, 0.2) is 0 Å². The van der Waals surface area contributed by atoms with E-state index in [9.17, 15) is 13.6 Å². The van der Waals surface area contributed by atoms with Gasteiger partial charge in [-0.25, -0.2) is 8.78 Å². The summed E-state index contributed by atoms with van der Waals surface area (Å²) >= 11 is 3.29. The number of pyridine rings is 1. The van der Waals surface area contributed by atoms with Crippen LogP contribution in [-0.2, 0) is 6.61 Å². The number of nitrogens with zero attached hydrogens (tertiary/aromatic N) is 1. The molecular formula is C21H19BrF2N2O2. The molecular weight excluding hydrogens is 430 g/mol. The summed E-state index contributed by atoms with van der Waals surface area (Å²) in [4.78, 5) is 12.9. The molecule has 1 atom stereocenters. The molecule has 2 aromatic carbocycles. The van der Waals surface area contributed by atoms with Gasteiger partial charge in [0.05, 0.1) is 6.04 Å². The van der Waals surface area contributed by atoms with Gasteiger partial charge in [0, 0.05) is 24.4 Å². The summed E-state index contributed by atoms with van der Waals surface area (Å²) in [6.45, 7) is 0.449. The molecule has 0 fully saturated rings. The average molecular weight is 449 g/mol. The molecule has 0 aliphatic heterocycles. The second kappa shape index (κ2) is 9.12. The van der Waals surface area contributed by atoms with E-state index in [4.69, 9.17) is 4.74 Å². The van der Waals surface area contributed by atoms with E-state index in [2.05, 4.69) is 21.2 Å². The van der Waals surface area contributed by atoms with E-state index in [0.717, 1.165) is 17.7 Å². The van der Waals surface area contributed by atoms with Crippen molar-refractivity contribution in [2.45, 2.75) is 12.6 Å². The third kappa shape index (κ3) is 4.48. The third-order valence-corrected chi connectivity index (χ3v) is 5.07. The van der Waals surface area contributed by atoms with Gasteiger partial charge in [-0.3, -0.25) is 4.79 Å². The van der Waals surface area contributed by atoms with Crippen molar-refractivity contribution in [3.63, 3.8) is 0 Å². The molecule has 3 rings (SSSR count). The molecule has 146 valence electrons. The van der Waals surface area contributed by atoms with Crippen LogP contribution in [0.25, 0.3) is 0 Å². The Bertz CT molecular complexity index is 1010. The Hall–Kier alpha value is -2.51. The largest absolute Gasteiger partial charge is 0.487 e. The summed E-state index contributed by atoms with van der Waals surface area (Å²) in [5, 5.41) is 3.10. The summed E-state index contributed by atoms with van der Waals surface area (Å²) in [6.07, 6.45) is 1.65. The molecule has 1 N–H and O–H groups in total. The number of halogens is 3. The zero-order valence-corrected chi connectivity index (χ0v) is 16.7. The van der Waals surface area contributed by atoms with Gasteiger partial charge in [0.1, 0.15) is 28.5 Å². The van der Waals surface area contributed by atoms with Crippen LogP contribution in [0.3, 0.4) is 0 Å². The molecule has 1 unspecified atom stereocenters. The molecule has 0 saturated carbocycles. The van der Waals surface area contributed by atoms with E-state index in [0.29, 0.717) is 12.3 Å². The van der Waals surface area contributed by atoms with Gasteiger partial charge < -0.3 is 14.6 Å². The SMILES string of the molecule is CNCC(c1ccccc1)n1ccc(OCc2ccc(F)cc2F)c(Br)c1=O. The van der Waals surface area contributed by atoms with Crippen LogP contribution in [0.5, 0.6) is 5.75 Å². The van der Waals surface area contributed by atoms with Gasteiger partial charge in [-0.05, 0) is 46.7 Å². The Morgan fingerprint density at radius 1 is 1.14 bits per heavy atom. The maximum absolute atomic E-state index is 13.8. The second-order valence-electron chi connectivity index (χ2n) is 6.21. The van der Waals surface area contributed by atoms with Gasteiger partial charge in [-0.15, -0.1) is 0 Å². The van der Waals surface area contributed by atoms with Crippen LogP contribution in [0.4, 0.5) is 8.78 Å². The molecule has 0 aliphatic rings. The van der Waals surface area contributed by atoms with E-state index in [1.165, 1.54) is 6.07 Å². The van der Waals surface area contributed by atoms with E-state index in [1.807, 2.05) is 37.4 Å². The van der Waals surface area contributed by atoms with E-state index in [1.54, 1.807) is 16.8 Å². The summed E-state index contributed by atoms with van der Waals surface area (Å²) in [5.74, 6) is -1.05. The van der Waals surface area contributed by atoms with Crippen LogP contribution in [0.2, 0.25) is 0 Å². The van der Waals surface area contributed by atoms with Crippen molar-refractivity contribution >= 4 is 15.9 Å². The molecule has 0 radical (unpaired) electrons. The smallest absolute Gasteiger partial charge is 0.269 e. The predicted molar refractivity (Wildman–Crippen MR) is 108 cm³/mol. The molecule has 0 bridgehead atoms. The average Bonchev–Trinajstić information content (AvgIpc) is 2.69. The monoisotopic (exact) mass is 448 g/mol. The molecule has 28 heavy (non-hydrogen) atoms. The quantitative estimate of drug-likeness (QED) is 0.586. The minimum absolute atomic E-state index is 0.118. The normalized spacial score (nSPS) is 12.0. The van der Waals surface area contributed by atoms with Crippen molar-refractivity contribution in [3.05, 3.63) is 98.4 Å². The molecule has 7 heteroatoms. The maximum atomic E-state index is 13.8. The van der Waals surface area contributed by atoms with Gasteiger partial charge in [0.25, 0.3) is 5.56 Å². The number of rotatable bonds is 7. The van der Waals surface area contributed by atoms with Gasteiger partial charge in [-0.2, -0.15) is 0 Å². The van der Waals surface area contributed by atoms with Gasteiger partial charge in [-0.1, -0.05) is 30.3 Å². The van der Waals surface area contributed by atoms with Crippen LogP contribution < -0.4 is 15.6 Å². The molecule has 3 aromatic rings. The van der Waals surface area contributed by atoms with Crippen molar-refractivity contribution in [1.29, 1.82) is 0 Å². The Labute approximate surface area is 169 Å². The summed E-state index contributed by atoms with van der Waals surface area (Å²) in [7, 11) is 1.82. The fraction of sp³-hybridized carbons (Fsp3) is 0.190. The fourth-order valence-electron chi connectivity index (χ4n) is 2.90. The number of nitrogens with one attached hydrogen (secondary N) is 1. The lowest BCUT2D eigenvalue weighted by molar-refractivity contribution is 0.295. The minimum Gasteiger partial charge on any atom is -0.487 e. The van der Waals surface area contributed by atoms with E-state index in [-0.39, 0.29) is 28.2 Å². The number of ether oxygens (including phenoxy) is 1. The standard InChI is InChI=1S/C21H19BrF2N2O2/c1-25-12-18(14-5-3-2-4-6-14)26-10-9-19(20(22)21(26)27)28-13-15-7-8-16(23)11-17(15)24/h2-11,18,25H,12-13H2,1H3. The van der Waals surface area contributed by atoms with Crippen LogP contribution in [0.1, 0.15) is 17.2 Å². The third-order valence-electron chi connectivity index (χ3n) is 4.34. The van der Waals surface area contributed by atoms with Gasteiger partial charge in [0.2, 0.25) is 0 Å². The molecule has 0 spiro atoms. The Morgan fingerprint density at radius 3 is 2.57 bits per heavy atom. The zero-order chi connectivity index (χ0) is 20.1. The number of aromatic nitrogens is 1. The number of benzene rings is 2. The Balaban J connectivity index is 1.86. The lowest BCUT2D eigenvalue weighted by atomic mass is 10.1. The highest BCUT2D eigenvalue weighted by atomic mass is 79.9. The highest BCUT2D eigenvalue weighted by Gasteiger charge is 2.18. The highest BCUT2D eigenvalue weighted by Crippen LogP contribution is 2.25. The van der Waals surface area contributed by atoms with E-state index >= 15 is 0 Å². The summed E-state index contributed by atoms with van der Waals surface area (Å²) in [5.41, 5.74) is 0.934. The van der Waals surface area contributed by atoms with Crippen molar-refractivity contribution in [3.8, 4) is 5.75 Å². The highest BCUT2D eigenvalue weighted by molar-refractivity contribution is 9.10. The molecule has 1 aromatic heterocycles. The fourth-order valence-corrected chi connectivity index (χ4v) is 3.36. The van der Waals surface area contributed by atoms with Crippen LogP contribution in [0, 0.1) is 11.6 Å². The zero-order valence-electron chi connectivity index (χ0n) is 15.2. The Kier molecular flexibility index (Phi) is 6.59. The first-order chi connectivity index (χ1) is 13.5. The first-order valence-electron chi connectivity index (χ1n) is 8.68. The topological polar surface area (TPSA) is 43.3 Å². The van der Waals surface area contributed by atoms with E-state index < -0.39 is 11.6 Å². The van der Waals surface area contributed by atoms with Crippen LogP contribution >= 0.6 is 15.9 Å². The van der Waals surface area contributed by atoms with Gasteiger partial charge >= 0.3 is 0 Å². The molecule has 0 aliphatic carbocycles. The lowest BCUT2D eigenvalue weighted by Gasteiger charge is -2.21. The van der Waals surface area contributed by atoms with Crippen molar-refractivity contribution in [1.82, 2.24) is 9.88 Å². The molecule has 0 amide bonds. The number of hydrogen-bond acceptors (Lipinski definition) is 3. The first kappa shape index (κ1) is 20.2. The molecule has 1 heterocycles. The van der Waals surface area contributed by atoms with Crippen LogP contribution in [0.15, 0.2) is 70.1 Å². The first-order valence-corrected chi connectivity index (χ1v) is 9.47. The summed E-state index contributed by atoms with van der Waals surface area (Å²) < 4.78 is 34.2. The molecule has 0 saturated heterocycles. The molecule has 4 nitrogen and oxygen atoms in total. The Morgan fingerprint density at radius 2 is 1.89 bits per heavy atom. The summed E-state index contributed by atoms with van der Waals surface area (Å²) in [6, 6.07) is 14.4. The van der Waals surface area contributed by atoms with Crippen molar-refractivity contribution in [2.75, 3.05) is 13.6 Å². The van der Waals surface area contributed by atoms with Crippen molar-refractivity contribution in [2.24, 2.45) is 0 Å². The number of hydrogen-bond donors (Lipinski definition) is 1. The minimum atomic E-state index is -0.692. The van der Waals surface area contributed by atoms with Crippen molar-refractivity contribution < 1.29 is 13.5 Å². The number of likely N-dealkylation sites (N-methyl/N-ethyl adjacent to an activating group) is 1. The predicted octanol–water partition coefficient (Wildman–Crippen LogP) is 4.28. The second-order valence-corrected chi connectivity index (χ2v) is 7.01. The maximum Gasteiger partial charge on any atom is 0.269 e. The lowest BCUT2D eigenvalue weighted by Crippen LogP contribution is -2.31. The van der Waals surface area contributed by atoms with Crippen LogP contribution in [-0.4, -0.2) is 18.2 Å².